The molecule has 2 amide bonds. The van der Waals surface area contributed by atoms with Crippen LogP contribution in [0.25, 0.3) is 0 Å². The van der Waals surface area contributed by atoms with E-state index in [1.165, 1.54) is 18.3 Å². The number of nitrogens with zero attached hydrogens (tertiary/aromatic N) is 2. The molecule has 0 radical (unpaired) electrons. The van der Waals surface area contributed by atoms with E-state index < -0.39 is 28.4 Å². The Kier molecular flexibility index (Phi) is 9.12. The molecule has 0 aromatic heterocycles. The number of hydrazone groups is 1. The molecule has 11 heteroatoms. The summed E-state index contributed by atoms with van der Waals surface area (Å²) in [6.45, 7) is -0.639. The summed E-state index contributed by atoms with van der Waals surface area (Å²) < 4.78 is 33.5. The molecule has 9 nitrogen and oxygen atoms in total. The number of hydrogen-bond donors (Lipinski definition) is 2. The Labute approximate surface area is 211 Å². The third-order valence-electron chi connectivity index (χ3n) is 4.64. The van der Waals surface area contributed by atoms with Crippen molar-refractivity contribution in [2.24, 2.45) is 10.8 Å². The maximum Gasteiger partial charge on any atom is 0.255 e. The summed E-state index contributed by atoms with van der Waals surface area (Å²) in [6.07, 6.45) is 1.40. The second kappa shape index (κ2) is 12.2. The number of hydrogen-bond acceptors (Lipinski definition) is 6. The van der Waals surface area contributed by atoms with Crippen molar-refractivity contribution in [3.8, 4) is 5.75 Å². The van der Waals surface area contributed by atoms with Gasteiger partial charge in [-0.1, -0.05) is 46.3 Å². The second-order valence-corrected chi connectivity index (χ2v) is 10.2. The third-order valence-corrected chi connectivity index (χ3v) is 6.97. The van der Waals surface area contributed by atoms with Gasteiger partial charge in [0, 0.05) is 11.0 Å². The first-order chi connectivity index (χ1) is 16.7. The van der Waals surface area contributed by atoms with Crippen LogP contribution in [0, 0.1) is 0 Å². The van der Waals surface area contributed by atoms with Crippen LogP contribution in [-0.4, -0.2) is 43.9 Å². The maximum absolute atomic E-state index is 13.3. The first-order valence-corrected chi connectivity index (χ1v) is 12.6. The van der Waals surface area contributed by atoms with Crippen molar-refractivity contribution >= 4 is 44.0 Å². The number of rotatable bonds is 11. The van der Waals surface area contributed by atoms with Gasteiger partial charge < -0.3 is 10.5 Å². The summed E-state index contributed by atoms with van der Waals surface area (Å²) in [5, 5.41) is 3.90. The van der Waals surface area contributed by atoms with Crippen LogP contribution in [-0.2, 0) is 26.2 Å². The SMILES string of the molecule is NC(=O)COc1ccc(/C=N/NC(=O)CN(Cc2ccccc2)S(=O)(=O)c2ccc(Br)cc2)cc1. The Morgan fingerprint density at radius 1 is 1.00 bits per heavy atom. The summed E-state index contributed by atoms with van der Waals surface area (Å²) in [7, 11) is -3.95. The van der Waals surface area contributed by atoms with Crippen molar-refractivity contribution in [3.05, 3.63) is 94.5 Å². The van der Waals surface area contributed by atoms with Crippen LogP contribution in [0.2, 0.25) is 0 Å². The quantitative estimate of drug-likeness (QED) is 0.276. The van der Waals surface area contributed by atoms with E-state index in [0.717, 1.165) is 14.3 Å². The molecule has 3 aromatic carbocycles. The summed E-state index contributed by atoms with van der Waals surface area (Å²) >= 11 is 3.29. The van der Waals surface area contributed by atoms with Crippen LogP contribution in [0.3, 0.4) is 0 Å². The average molecular weight is 559 g/mol. The van der Waals surface area contributed by atoms with Gasteiger partial charge in [0.2, 0.25) is 10.0 Å². The molecule has 0 heterocycles. The van der Waals surface area contributed by atoms with Gasteiger partial charge in [-0.2, -0.15) is 9.41 Å². The average Bonchev–Trinajstić information content (AvgIpc) is 2.84. The molecule has 0 spiro atoms. The van der Waals surface area contributed by atoms with Crippen molar-refractivity contribution < 1.29 is 22.7 Å². The van der Waals surface area contributed by atoms with Crippen LogP contribution in [0.5, 0.6) is 5.75 Å². The minimum atomic E-state index is -3.95. The van der Waals surface area contributed by atoms with Crippen LogP contribution >= 0.6 is 15.9 Å². The zero-order valence-corrected chi connectivity index (χ0v) is 20.9. The predicted molar refractivity (Wildman–Crippen MR) is 135 cm³/mol. The van der Waals surface area contributed by atoms with Gasteiger partial charge in [0.1, 0.15) is 5.75 Å². The van der Waals surface area contributed by atoms with Gasteiger partial charge in [-0.15, -0.1) is 0 Å². The fourth-order valence-corrected chi connectivity index (χ4v) is 4.60. The highest BCUT2D eigenvalue weighted by Crippen LogP contribution is 2.20. The first-order valence-electron chi connectivity index (χ1n) is 10.4. The molecule has 0 saturated carbocycles. The van der Waals surface area contributed by atoms with Gasteiger partial charge >= 0.3 is 0 Å². The van der Waals surface area contributed by atoms with Gasteiger partial charge in [-0.3, -0.25) is 9.59 Å². The number of ether oxygens (including phenoxy) is 1. The molecular weight excluding hydrogens is 536 g/mol. The number of amides is 2. The first kappa shape index (κ1) is 26.1. The van der Waals surface area contributed by atoms with E-state index in [1.54, 1.807) is 60.7 Å². The highest BCUT2D eigenvalue weighted by atomic mass is 79.9. The Morgan fingerprint density at radius 2 is 1.66 bits per heavy atom. The number of carbonyl (C=O) groups is 2. The lowest BCUT2D eigenvalue weighted by atomic mass is 10.2. The maximum atomic E-state index is 13.3. The zero-order valence-electron chi connectivity index (χ0n) is 18.5. The molecule has 3 aromatic rings. The number of nitrogens with two attached hydrogens (primary N) is 1. The largest absolute Gasteiger partial charge is 0.484 e. The Hall–Kier alpha value is -3.54. The van der Waals surface area contributed by atoms with Crippen LogP contribution in [0.4, 0.5) is 0 Å². The van der Waals surface area contributed by atoms with E-state index in [0.29, 0.717) is 11.3 Å². The van der Waals surface area contributed by atoms with Gasteiger partial charge in [0.25, 0.3) is 11.8 Å². The van der Waals surface area contributed by atoms with Crippen LogP contribution < -0.4 is 15.9 Å². The normalized spacial score (nSPS) is 11.5. The minimum Gasteiger partial charge on any atom is -0.484 e. The predicted octanol–water partition coefficient (Wildman–Crippen LogP) is 2.65. The number of halogens is 1. The molecule has 0 aliphatic heterocycles. The van der Waals surface area contributed by atoms with E-state index >= 15 is 0 Å². The van der Waals surface area contributed by atoms with Gasteiger partial charge in [-0.25, -0.2) is 13.8 Å². The number of carbonyl (C=O) groups excluding carboxylic acids is 2. The van der Waals surface area contributed by atoms with Gasteiger partial charge in [0.05, 0.1) is 17.7 Å². The fourth-order valence-electron chi connectivity index (χ4n) is 2.95. The lowest BCUT2D eigenvalue weighted by Gasteiger charge is -2.21. The molecule has 35 heavy (non-hydrogen) atoms. The molecule has 3 N–H and O–H groups in total. The number of sulfonamides is 1. The molecule has 0 aliphatic rings. The van der Waals surface area contributed by atoms with E-state index in [9.17, 15) is 18.0 Å². The summed E-state index contributed by atoms with van der Waals surface area (Å²) in [4.78, 5) is 23.4. The highest BCUT2D eigenvalue weighted by Gasteiger charge is 2.27. The Bertz CT molecular complexity index is 1280. The van der Waals surface area contributed by atoms with E-state index in [4.69, 9.17) is 10.5 Å². The Morgan fingerprint density at radius 3 is 2.29 bits per heavy atom. The topological polar surface area (TPSA) is 131 Å². The van der Waals surface area contributed by atoms with E-state index in [2.05, 4.69) is 26.5 Å². The second-order valence-electron chi connectivity index (χ2n) is 7.33. The molecule has 0 saturated heterocycles. The summed E-state index contributed by atoms with van der Waals surface area (Å²) in [5.41, 5.74) is 8.79. The summed E-state index contributed by atoms with van der Waals surface area (Å²) in [6, 6.07) is 21.8. The third kappa shape index (κ3) is 8.02. The molecule has 0 atom stereocenters. The fraction of sp³-hybridized carbons (Fsp3) is 0.125. The lowest BCUT2D eigenvalue weighted by Crippen LogP contribution is -2.39. The molecule has 182 valence electrons. The monoisotopic (exact) mass is 558 g/mol. The van der Waals surface area contributed by atoms with Crippen LogP contribution in [0.15, 0.2) is 93.3 Å². The van der Waals surface area contributed by atoms with Crippen LogP contribution in [0.1, 0.15) is 11.1 Å². The van der Waals surface area contributed by atoms with Crippen molar-refractivity contribution in [2.45, 2.75) is 11.4 Å². The molecule has 0 bridgehead atoms. The molecule has 0 fully saturated rings. The zero-order chi connectivity index (χ0) is 25.3. The smallest absolute Gasteiger partial charge is 0.255 e. The van der Waals surface area contributed by atoms with Gasteiger partial charge in [0.15, 0.2) is 6.61 Å². The van der Waals surface area contributed by atoms with E-state index in [1.807, 2.05) is 6.07 Å². The molecule has 0 aliphatic carbocycles. The van der Waals surface area contributed by atoms with E-state index in [-0.39, 0.29) is 18.0 Å². The van der Waals surface area contributed by atoms with Crippen molar-refractivity contribution in [3.63, 3.8) is 0 Å². The molecular formula is C24H23BrN4O5S. The number of benzene rings is 3. The standard InChI is InChI=1S/C24H23BrN4O5S/c25-20-8-12-22(13-9-20)35(32,33)29(15-19-4-2-1-3-5-19)16-24(31)28-27-14-18-6-10-21(11-7-18)34-17-23(26)30/h1-14H,15-17H2,(H2,26,30)(H,28,31)/b27-14+. The minimum absolute atomic E-state index is 0.0170. The highest BCUT2D eigenvalue weighted by molar-refractivity contribution is 9.10. The molecule has 0 unspecified atom stereocenters. The van der Waals surface area contributed by atoms with Crippen molar-refractivity contribution in [1.82, 2.24) is 9.73 Å². The van der Waals surface area contributed by atoms with Crippen molar-refractivity contribution in [2.75, 3.05) is 13.2 Å². The number of nitrogens with one attached hydrogen (secondary N) is 1. The lowest BCUT2D eigenvalue weighted by molar-refractivity contribution is -0.121. The van der Waals surface area contributed by atoms with Crippen molar-refractivity contribution in [1.29, 1.82) is 0 Å². The Balaban J connectivity index is 1.68. The molecule has 3 rings (SSSR count). The van der Waals surface area contributed by atoms with Gasteiger partial charge in [-0.05, 0) is 59.7 Å². The number of primary amides is 1. The summed E-state index contributed by atoms with van der Waals surface area (Å²) in [5.74, 6) is -0.722.